The first kappa shape index (κ1) is 15.2. The Bertz CT molecular complexity index is 549. The number of carbonyl (C=O) groups excluding carboxylic acids is 1. The minimum Gasteiger partial charge on any atom is -0.504 e. The molecule has 114 valence electrons. The van der Waals surface area contributed by atoms with E-state index >= 15 is 0 Å². The first-order valence-corrected chi connectivity index (χ1v) is 6.99. The van der Waals surface area contributed by atoms with Crippen LogP contribution in [0, 0.1) is 0 Å². The number of phenols is 2. The summed E-state index contributed by atoms with van der Waals surface area (Å²) in [6.45, 7) is 0. The van der Waals surface area contributed by atoms with Crippen molar-refractivity contribution >= 4 is 11.9 Å². The molecule has 0 aromatic heterocycles. The van der Waals surface area contributed by atoms with Crippen molar-refractivity contribution in [3.63, 3.8) is 0 Å². The molecule has 1 saturated carbocycles. The Morgan fingerprint density at radius 2 is 1.81 bits per heavy atom. The molecule has 21 heavy (non-hydrogen) atoms. The van der Waals surface area contributed by atoms with E-state index in [1.165, 1.54) is 18.2 Å². The van der Waals surface area contributed by atoms with Crippen molar-refractivity contribution in [1.29, 1.82) is 0 Å². The summed E-state index contributed by atoms with van der Waals surface area (Å²) in [5, 5.41) is 31.0. The van der Waals surface area contributed by atoms with Gasteiger partial charge in [-0.3, -0.25) is 9.59 Å². The van der Waals surface area contributed by atoms with Gasteiger partial charge in [-0.15, -0.1) is 0 Å². The maximum atomic E-state index is 12.3. The van der Waals surface area contributed by atoms with E-state index in [4.69, 9.17) is 5.11 Å². The van der Waals surface area contributed by atoms with Crippen molar-refractivity contribution in [2.75, 3.05) is 0 Å². The van der Waals surface area contributed by atoms with E-state index in [0.717, 1.165) is 19.3 Å². The average Bonchev–Trinajstić information content (AvgIpc) is 2.41. The van der Waals surface area contributed by atoms with Crippen LogP contribution in [0.5, 0.6) is 11.5 Å². The molecule has 1 fully saturated rings. The number of aliphatic carboxylic acids is 1. The number of carbonyl (C=O) groups is 2. The Labute approximate surface area is 122 Å². The van der Waals surface area contributed by atoms with Crippen molar-refractivity contribution in [3.8, 4) is 11.5 Å². The van der Waals surface area contributed by atoms with Gasteiger partial charge in [0.05, 0.1) is 17.5 Å². The van der Waals surface area contributed by atoms with E-state index < -0.39 is 23.2 Å². The number of aromatic hydroxyl groups is 2. The van der Waals surface area contributed by atoms with Gasteiger partial charge >= 0.3 is 5.97 Å². The zero-order valence-corrected chi connectivity index (χ0v) is 11.6. The highest BCUT2D eigenvalue weighted by Gasteiger charge is 2.36. The number of amides is 1. The van der Waals surface area contributed by atoms with E-state index in [2.05, 4.69) is 5.32 Å². The standard InChI is InChI=1S/C15H19NO5/c17-11-6-4-5-10(13(11)20)14(21)16-15(9-12(18)19)7-2-1-3-8-15/h4-6,17,20H,1-3,7-9H2,(H,16,21)(H,18,19). The third kappa shape index (κ3) is 3.45. The van der Waals surface area contributed by atoms with Gasteiger partial charge in [0.2, 0.25) is 0 Å². The first-order chi connectivity index (χ1) is 9.93. The molecule has 0 heterocycles. The van der Waals surface area contributed by atoms with Gasteiger partial charge in [-0.05, 0) is 25.0 Å². The molecule has 1 aromatic rings. The van der Waals surface area contributed by atoms with E-state index in [-0.39, 0.29) is 17.7 Å². The first-order valence-electron chi connectivity index (χ1n) is 6.99. The molecule has 1 aliphatic rings. The minimum absolute atomic E-state index is 0.0506. The molecule has 4 N–H and O–H groups in total. The zero-order chi connectivity index (χ0) is 15.5. The number of benzene rings is 1. The number of carboxylic acids is 1. The largest absolute Gasteiger partial charge is 0.504 e. The third-order valence-electron chi connectivity index (χ3n) is 3.94. The van der Waals surface area contributed by atoms with Gasteiger partial charge in [-0.25, -0.2) is 0 Å². The van der Waals surface area contributed by atoms with Crippen LogP contribution in [-0.4, -0.2) is 32.7 Å². The van der Waals surface area contributed by atoms with Gasteiger partial charge in [-0.2, -0.15) is 0 Å². The van der Waals surface area contributed by atoms with Crippen LogP contribution in [0.2, 0.25) is 0 Å². The summed E-state index contributed by atoms with van der Waals surface area (Å²) in [5.74, 6) is -2.39. The van der Waals surface area contributed by atoms with Crippen molar-refractivity contribution < 1.29 is 24.9 Å². The zero-order valence-electron chi connectivity index (χ0n) is 11.6. The van der Waals surface area contributed by atoms with Gasteiger partial charge in [0, 0.05) is 0 Å². The number of carboxylic acid groups (broad SMARTS) is 1. The van der Waals surface area contributed by atoms with Gasteiger partial charge in [0.1, 0.15) is 0 Å². The molecule has 2 rings (SSSR count). The van der Waals surface area contributed by atoms with Gasteiger partial charge in [0.25, 0.3) is 5.91 Å². The normalized spacial score (nSPS) is 17.1. The number of para-hydroxylation sites is 1. The predicted octanol–water partition coefficient (Wildman–Crippen LogP) is 2.01. The van der Waals surface area contributed by atoms with Gasteiger partial charge in [-0.1, -0.05) is 25.3 Å². The molecule has 0 bridgehead atoms. The molecule has 1 amide bonds. The lowest BCUT2D eigenvalue weighted by molar-refractivity contribution is -0.139. The highest BCUT2D eigenvalue weighted by molar-refractivity contribution is 5.98. The SMILES string of the molecule is O=C(O)CC1(NC(=O)c2cccc(O)c2O)CCCCC1. The molecule has 1 aliphatic carbocycles. The molecule has 1 aromatic carbocycles. The number of phenolic OH excluding ortho intramolecular Hbond substituents is 2. The van der Waals surface area contributed by atoms with E-state index in [1.807, 2.05) is 0 Å². The molecular formula is C15H19NO5. The molecule has 0 radical (unpaired) electrons. The lowest BCUT2D eigenvalue weighted by Crippen LogP contribution is -2.51. The fraction of sp³-hybridized carbons (Fsp3) is 0.467. The Morgan fingerprint density at radius 1 is 1.14 bits per heavy atom. The van der Waals surface area contributed by atoms with Crippen LogP contribution >= 0.6 is 0 Å². The smallest absolute Gasteiger partial charge is 0.305 e. The third-order valence-corrected chi connectivity index (χ3v) is 3.94. The van der Waals surface area contributed by atoms with Crippen molar-refractivity contribution in [2.45, 2.75) is 44.1 Å². The number of hydrogen-bond donors (Lipinski definition) is 4. The average molecular weight is 293 g/mol. The second kappa shape index (κ2) is 6.03. The van der Waals surface area contributed by atoms with Crippen LogP contribution in [0.15, 0.2) is 18.2 Å². The summed E-state index contributed by atoms with van der Waals surface area (Å²) >= 11 is 0. The highest BCUT2D eigenvalue weighted by atomic mass is 16.4. The van der Waals surface area contributed by atoms with Gasteiger partial charge < -0.3 is 20.6 Å². The van der Waals surface area contributed by atoms with Crippen molar-refractivity contribution in [3.05, 3.63) is 23.8 Å². The molecule has 0 saturated heterocycles. The molecule has 0 aliphatic heterocycles. The molecule has 0 unspecified atom stereocenters. The van der Waals surface area contributed by atoms with Crippen LogP contribution in [0.3, 0.4) is 0 Å². The molecule has 0 spiro atoms. The Hall–Kier alpha value is -2.24. The van der Waals surface area contributed by atoms with Crippen molar-refractivity contribution in [2.24, 2.45) is 0 Å². The summed E-state index contributed by atoms with van der Waals surface area (Å²) in [5.41, 5.74) is -0.829. The Balaban J connectivity index is 2.21. The monoisotopic (exact) mass is 293 g/mol. The van der Waals surface area contributed by atoms with Crippen LogP contribution < -0.4 is 5.32 Å². The second-order valence-electron chi connectivity index (χ2n) is 5.54. The second-order valence-corrected chi connectivity index (χ2v) is 5.54. The van der Waals surface area contributed by atoms with Crippen LogP contribution in [0.4, 0.5) is 0 Å². The number of hydrogen-bond acceptors (Lipinski definition) is 4. The Morgan fingerprint density at radius 3 is 2.43 bits per heavy atom. The highest BCUT2D eigenvalue weighted by Crippen LogP contribution is 2.33. The van der Waals surface area contributed by atoms with Crippen LogP contribution in [0.1, 0.15) is 48.9 Å². The number of rotatable bonds is 4. The van der Waals surface area contributed by atoms with Crippen molar-refractivity contribution in [1.82, 2.24) is 5.32 Å². The summed E-state index contributed by atoms with van der Waals surface area (Å²) in [6.07, 6.45) is 3.81. The maximum Gasteiger partial charge on any atom is 0.305 e. The fourth-order valence-electron chi connectivity index (χ4n) is 2.89. The molecule has 6 heteroatoms. The maximum absolute atomic E-state index is 12.3. The lowest BCUT2D eigenvalue weighted by atomic mass is 9.79. The number of nitrogens with one attached hydrogen (secondary N) is 1. The quantitative estimate of drug-likeness (QED) is 0.635. The topological polar surface area (TPSA) is 107 Å². The molecule has 6 nitrogen and oxygen atoms in total. The summed E-state index contributed by atoms with van der Waals surface area (Å²) in [4.78, 5) is 23.4. The van der Waals surface area contributed by atoms with Crippen LogP contribution in [-0.2, 0) is 4.79 Å². The van der Waals surface area contributed by atoms with E-state index in [0.29, 0.717) is 12.8 Å². The van der Waals surface area contributed by atoms with Crippen LogP contribution in [0.25, 0.3) is 0 Å². The molecular weight excluding hydrogens is 274 g/mol. The minimum atomic E-state index is -0.961. The summed E-state index contributed by atoms with van der Waals surface area (Å²) < 4.78 is 0. The summed E-state index contributed by atoms with van der Waals surface area (Å²) in [7, 11) is 0. The predicted molar refractivity (Wildman–Crippen MR) is 75.3 cm³/mol. The van der Waals surface area contributed by atoms with Gasteiger partial charge in [0.15, 0.2) is 11.5 Å². The fourth-order valence-corrected chi connectivity index (χ4v) is 2.89. The Kier molecular flexibility index (Phi) is 4.35. The lowest BCUT2D eigenvalue weighted by Gasteiger charge is -2.37. The van der Waals surface area contributed by atoms with E-state index in [9.17, 15) is 19.8 Å². The summed E-state index contributed by atoms with van der Waals surface area (Å²) in [6, 6.07) is 4.12. The molecule has 0 atom stereocenters. The van der Waals surface area contributed by atoms with E-state index in [1.54, 1.807) is 0 Å².